The van der Waals surface area contributed by atoms with Crippen LogP contribution in [0.1, 0.15) is 78.1 Å². The van der Waals surface area contributed by atoms with Gasteiger partial charge in [-0.2, -0.15) is 0 Å². The summed E-state index contributed by atoms with van der Waals surface area (Å²) in [5, 5.41) is -0.159. The van der Waals surface area contributed by atoms with Gasteiger partial charge in [0, 0.05) is 6.42 Å². The van der Waals surface area contributed by atoms with E-state index in [1.54, 1.807) is 0 Å². The Morgan fingerprint density at radius 3 is 1.94 bits per heavy atom. The lowest BCUT2D eigenvalue weighted by molar-refractivity contribution is -0.144. The molecule has 102 valence electrons. The van der Waals surface area contributed by atoms with E-state index in [9.17, 15) is 4.79 Å². The lowest BCUT2D eigenvalue weighted by Crippen LogP contribution is -2.08. The number of carbonyl (C=O) groups is 1. The number of rotatable bonds is 11. The van der Waals surface area contributed by atoms with Gasteiger partial charge in [-0.15, -0.1) is 0 Å². The monoisotopic (exact) mass is 306 g/mol. The second kappa shape index (κ2) is 12.4. The summed E-state index contributed by atoms with van der Waals surface area (Å²) in [7, 11) is 0. The zero-order valence-electron chi connectivity index (χ0n) is 11.3. The van der Waals surface area contributed by atoms with Crippen LogP contribution in [0, 0.1) is 0 Å². The number of alkyl halides is 1. The van der Waals surface area contributed by atoms with E-state index in [2.05, 4.69) is 22.9 Å². The molecule has 0 radical (unpaired) electrons. The first-order valence-corrected chi connectivity index (χ1v) is 7.92. The molecule has 0 saturated heterocycles. The number of unbranched alkanes of at least 4 members (excludes halogenated alkanes) is 8. The lowest BCUT2D eigenvalue weighted by Gasteiger charge is -2.06. The molecule has 2 nitrogen and oxygen atoms in total. The van der Waals surface area contributed by atoms with E-state index in [0.717, 1.165) is 12.8 Å². The smallest absolute Gasteiger partial charge is 0.306 e. The highest BCUT2D eigenvalue weighted by Crippen LogP contribution is 2.11. The maximum atomic E-state index is 11.2. The summed E-state index contributed by atoms with van der Waals surface area (Å²) in [6, 6.07) is 0. The molecule has 1 unspecified atom stereocenters. The molecule has 3 heteroatoms. The van der Waals surface area contributed by atoms with Gasteiger partial charge in [-0.1, -0.05) is 58.3 Å². The summed E-state index contributed by atoms with van der Waals surface area (Å²) < 4.78 is 5.00. The summed E-state index contributed by atoms with van der Waals surface area (Å²) in [6.07, 6.45) is 12.0. The van der Waals surface area contributed by atoms with E-state index in [-0.39, 0.29) is 11.0 Å². The summed E-state index contributed by atoms with van der Waals surface area (Å²) >= 11 is 3.20. The van der Waals surface area contributed by atoms with Crippen molar-refractivity contribution in [1.82, 2.24) is 0 Å². The molecule has 0 amide bonds. The van der Waals surface area contributed by atoms with Crippen LogP contribution in [0.3, 0.4) is 0 Å². The summed E-state index contributed by atoms with van der Waals surface area (Å²) in [6.45, 7) is 4.06. The number of halogens is 1. The highest BCUT2D eigenvalue weighted by atomic mass is 79.9. The highest BCUT2D eigenvalue weighted by Gasteiger charge is 2.05. The third-order valence-electron chi connectivity index (χ3n) is 2.78. The van der Waals surface area contributed by atoms with Gasteiger partial charge in [0.1, 0.15) is 0 Å². The van der Waals surface area contributed by atoms with Crippen molar-refractivity contribution >= 4 is 21.9 Å². The van der Waals surface area contributed by atoms with Gasteiger partial charge in [-0.25, -0.2) is 0 Å². The predicted molar refractivity (Wildman–Crippen MR) is 76.3 cm³/mol. The molecule has 0 fully saturated rings. The van der Waals surface area contributed by atoms with E-state index >= 15 is 0 Å². The molecule has 0 aromatic rings. The fourth-order valence-electron chi connectivity index (χ4n) is 1.82. The minimum atomic E-state index is -0.159. The van der Waals surface area contributed by atoms with Crippen LogP contribution in [-0.2, 0) is 9.53 Å². The van der Waals surface area contributed by atoms with Crippen LogP contribution >= 0.6 is 15.9 Å². The zero-order valence-corrected chi connectivity index (χ0v) is 12.9. The molecule has 0 rings (SSSR count). The van der Waals surface area contributed by atoms with Crippen LogP contribution in [0.2, 0.25) is 0 Å². The molecule has 0 aromatic carbocycles. The SMILES string of the molecule is CCCCCCCCCCCC(=O)OC(C)Br. The minimum absolute atomic E-state index is 0.0858. The highest BCUT2D eigenvalue weighted by molar-refractivity contribution is 9.09. The van der Waals surface area contributed by atoms with Crippen LogP contribution in [0.5, 0.6) is 0 Å². The normalized spacial score (nSPS) is 12.4. The molecule has 0 aliphatic rings. The maximum absolute atomic E-state index is 11.2. The number of ether oxygens (including phenoxy) is 1. The fraction of sp³-hybridized carbons (Fsp3) is 0.929. The van der Waals surface area contributed by atoms with Crippen LogP contribution in [0.4, 0.5) is 0 Å². The number of carbonyl (C=O) groups excluding carboxylic acids is 1. The third kappa shape index (κ3) is 13.9. The van der Waals surface area contributed by atoms with E-state index in [4.69, 9.17) is 4.74 Å². The van der Waals surface area contributed by atoms with Crippen molar-refractivity contribution in [3.8, 4) is 0 Å². The van der Waals surface area contributed by atoms with Gasteiger partial charge in [0.15, 0.2) is 5.01 Å². The van der Waals surface area contributed by atoms with E-state index in [1.165, 1.54) is 44.9 Å². The molecular formula is C14H27BrO2. The lowest BCUT2D eigenvalue weighted by atomic mass is 10.1. The van der Waals surface area contributed by atoms with E-state index in [1.807, 2.05) is 6.92 Å². The van der Waals surface area contributed by atoms with Crippen LogP contribution in [0.25, 0.3) is 0 Å². The minimum Gasteiger partial charge on any atom is -0.451 e. The first-order valence-electron chi connectivity index (χ1n) is 7.00. The average molecular weight is 307 g/mol. The topological polar surface area (TPSA) is 26.3 Å². The van der Waals surface area contributed by atoms with Crippen LogP contribution in [0.15, 0.2) is 0 Å². The molecule has 0 bridgehead atoms. The molecule has 0 aliphatic heterocycles. The molecule has 0 aliphatic carbocycles. The Balaban J connectivity index is 3.10. The first-order chi connectivity index (χ1) is 8.16. The van der Waals surface area contributed by atoms with Crippen molar-refractivity contribution in [2.45, 2.75) is 83.1 Å². The van der Waals surface area contributed by atoms with Gasteiger partial charge in [0.25, 0.3) is 0 Å². The van der Waals surface area contributed by atoms with Crippen molar-refractivity contribution in [2.24, 2.45) is 0 Å². The van der Waals surface area contributed by atoms with Crippen LogP contribution < -0.4 is 0 Å². The Labute approximate surface area is 115 Å². The van der Waals surface area contributed by atoms with Gasteiger partial charge in [-0.05, 0) is 29.3 Å². The predicted octanol–water partition coefficient (Wildman–Crippen LogP) is 5.19. The van der Waals surface area contributed by atoms with Gasteiger partial charge >= 0.3 is 5.97 Å². The largest absolute Gasteiger partial charge is 0.451 e. The number of hydrogen-bond donors (Lipinski definition) is 0. The number of esters is 1. The van der Waals surface area contributed by atoms with Crippen molar-refractivity contribution in [1.29, 1.82) is 0 Å². The molecule has 0 saturated carbocycles. The Kier molecular flexibility index (Phi) is 12.4. The second-order valence-electron chi connectivity index (χ2n) is 4.61. The zero-order chi connectivity index (χ0) is 12.9. The molecule has 0 heterocycles. The Morgan fingerprint density at radius 2 is 1.47 bits per heavy atom. The summed E-state index contributed by atoms with van der Waals surface area (Å²) in [5.74, 6) is -0.0858. The van der Waals surface area contributed by atoms with Crippen molar-refractivity contribution in [2.75, 3.05) is 0 Å². The molecule has 0 N–H and O–H groups in total. The van der Waals surface area contributed by atoms with Gasteiger partial charge in [-0.3, -0.25) is 4.79 Å². The first kappa shape index (κ1) is 16.9. The van der Waals surface area contributed by atoms with Gasteiger partial charge < -0.3 is 4.74 Å². The van der Waals surface area contributed by atoms with Gasteiger partial charge in [0.05, 0.1) is 0 Å². The quantitative estimate of drug-likeness (QED) is 0.298. The molecule has 1 atom stereocenters. The van der Waals surface area contributed by atoms with Crippen molar-refractivity contribution in [3.05, 3.63) is 0 Å². The summed E-state index contributed by atoms with van der Waals surface area (Å²) in [5.41, 5.74) is 0. The molecular weight excluding hydrogens is 280 g/mol. The van der Waals surface area contributed by atoms with Crippen molar-refractivity contribution < 1.29 is 9.53 Å². The van der Waals surface area contributed by atoms with Gasteiger partial charge in [0.2, 0.25) is 0 Å². The Bertz CT molecular complexity index is 181. The van der Waals surface area contributed by atoms with E-state index < -0.39 is 0 Å². The molecule has 0 spiro atoms. The van der Waals surface area contributed by atoms with E-state index in [0.29, 0.717) is 6.42 Å². The molecule has 17 heavy (non-hydrogen) atoms. The Morgan fingerprint density at radius 1 is 1.00 bits per heavy atom. The Hall–Kier alpha value is -0.0500. The fourth-order valence-corrected chi connectivity index (χ4v) is 2.03. The summed E-state index contributed by atoms with van der Waals surface area (Å²) in [4.78, 5) is 11.2. The average Bonchev–Trinajstić information content (AvgIpc) is 2.26. The second-order valence-corrected chi connectivity index (χ2v) is 5.90. The van der Waals surface area contributed by atoms with Crippen LogP contribution in [-0.4, -0.2) is 11.0 Å². The van der Waals surface area contributed by atoms with Crippen molar-refractivity contribution in [3.63, 3.8) is 0 Å². The maximum Gasteiger partial charge on any atom is 0.306 e. The standard InChI is InChI=1S/C14H27BrO2/c1-3-4-5-6-7-8-9-10-11-12-14(16)17-13(2)15/h13H,3-12H2,1-2H3. The third-order valence-corrected chi connectivity index (χ3v) is 2.97. The molecule has 0 aromatic heterocycles. The number of hydrogen-bond acceptors (Lipinski definition) is 2.